The van der Waals surface area contributed by atoms with Crippen LogP contribution in [0, 0.1) is 5.82 Å². The highest BCUT2D eigenvalue weighted by molar-refractivity contribution is 6.43. The summed E-state index contributed by atoms with van der Waals surface area (Å²) in [6.45, 7) is 1.67. The average Bonchev–Trinajstić information content (AvgIpc) is 3.39. The van der Waals surface area contributed by atoms with E-state index in [4.69, 9.17) is 55.0 Å². The van der Waals surface area contributed by atoms with E-state index in [1.165, 1.54) is 25.4 Å². The van der Waals surface area contributed by atoms with E-state index in [9.17, 15) is 14.0 Å². The van der Waals surface area contributed by atoms with Crippen LogP contribution >= 0.6 is 34.8 Å². The van der Waals surface area contributed by atoms with Crippen molar-refractivity contribution in [2.24, 2.45) is 5.73 Å². The van der Waals surface area contributed by atoms with Crippen LogP contribution in [0.25, 0.3) is 22.2 Å². The Kier molecular flexibility index (Phi) is 8.50. The van der Waals surface area contributed by atoms with E-state index >= 15 is 0 Å². The number of ether oxygens (including phenoxy) is 2. The number of methoxy groups -OCH3 is 1. The Labute approximate surface area is 278 Å². The van der Waals surface area contributed by atoms with Crippen LogP contribution in [0.2, 0.25) is 15.1 Å². The molecule has 6 rings (SSSR count). The lowest BCUT2D eigenvalue weighted by molar-refractivity contribution is -0.123. The SMILES string of the molecule is COc1cc(C(=O)NC[C@@H](c2cccc(F)c2)c2cc3c(c(-c4cccc(Cl)c4Cl)n2)OC[C@]3(C)C(N)=O)cc2cc(Cl)cnc12. The molecular weight excluding hydrogens is 654 g/mol. The summed E-state index contributed by atoms with van der Waals surface area (Å²) in [6.07, 6.45) is 1.50. The molecule has 5 aromatic rings. The highest BCUT2D eigenvalue weighted by atomic mass is 35.5. The molecule has 0 radical (unpaired) electrons. The number of hydrogen-bond acceptors (Lipinski definition) is 6. The molecule has 0 spiro atoms. The molecule has 2 amide bonds. The molecular formula is C34H26Cl3FN4O4. The van der Waals surface area contributed by atoms with Gasteiger partial charge >= 0.3 is 0 Å². The first-order chi connectivity index (χ1) is 22.0. The van der Waals surface area contributed by atoms with Crippen LogP contribution in [0.1, 0.15) is 40.0 Å². The maximum Gasteiger partial charge on any atom is 0.251 e. The molecule has 0 fully saturated rings. The lowest BCUT2D eigenvalue weighted by Crippen LogP contribution is -2.40. The van der Waals surface area contributed by atoms with Gasteiger partial charge in [-0.2, -0.15) is 0 Å². The van der Waals surface area contributed by atoms with Crippen molar-refractivity contribution in [2.45, 2.75) is 18.3 Å². The summed E-state index contributed by atoms with van der Waals surface area (Å²) in [4.78, 5) is 35.6. The quantitative estimate of drug-likeness (QED) is 0.181. The molecule has 0 saturated heterocycles. The number of nitrogens with zero attached hydrogens (tertiary/aromatic N) is 2. The minimum Gasteiger partial charge on any atom is -0.494 e. The van der Waals surface area contributed by atoms with Crippen LogP contribution in [0.3, 0.4) is 0 Å². The first-order valence-corrected chi connectivity index (χ1v) is 15.2. The number of carbonyl (C=O) groups is 2. The molecule has 3 N–H and O–H groups in total. The molecule has 12 heteroatoms. The monoisotopic (exact) mass is 678 g/mol. The van der Waals surface area contributed by atoms with E-state index < -0.39 is 29.0 Å². The number of fused-ring (bicyclic) bond motifs is 2. The van der Waals surface area contributed by atoms with E-state index in [1.54, 1.807) is 61.5 Å². The first-order valence-electron chi connectivity index (χ1n) is 14.1. The van der Waals surface area contributed by atoms with Crippen molar-refractivity contribution in [3.63, 3.8) is 0 Å². The second kappa shape index (κ2) is 12.4. The van der Waals surface area contributed by atoms with E-state index in [0.717, 1.165) is 0 Å². The smallest absolute Gasteiger partial charge is 0.251 e. The number of carbonyl (C=O) groups excluding carboxylic acids is 2. The van der Waals surface area contributed by atoms with Crippen molar-refractivity contribution in [1.82, 2.24) is 15.3 Å². The van der Waals surface area contributed by atoms with Gasteiger partial charge in [-0.3, -0.25) is 14.6 Å². The average molecular weight is 680 g/mol. The van der Waals surface area contributed by atoms with E-state index in [0.29, 0.717) is 66.1 Å². The van der Waals surface area contributed by atoms with Gasteiger partial charge < -0.3 is 20.5 Å². The highest BCUT2D eigenvalue weighted by Gasteiger charge is 2.44. The summed E-state index contributed by atoms with van der Waals surface area (Å²) in [5, 5.41) is 4.52. The summed E-state index contributed by atoms with van der Waals surface area (Å²) in [7, 11) is 1.49. The van der Waals surface area contributed by atoms with Crippen LogP contribution in [-0.4, -0.2) is 42.0 Å². The van der Waals surface area contributed by atoms with Gasteiger partial charge in [-0.1, -0.05) is 59.1 Å². The molecule has 1 aliphatic heterocycles. The topological polar surface area (TPSA) is 116 Å². The first kappa shape index (κ1) is 31.5. The summed E-state index contributed by atoms with van der Waals surface area (Å²) >= 11 is 19.2. The van der Waals surface area contributed by atoms with E-state index in [1.807, 2.05) is 0 Å². The van der Waals surface area contributed by atoms with Crippen molar-refractivity contribution in [3.05, 3.63) is 116 Å². The second-order valence-corrected chi connectivity index (χ2v) is 12.3. The summed E-state index contributed by atoms with van der Waals surface area (Å²) in [5.74, 6) is -1.44. The predicted octanol–water partition coefficient (Wildman–Crippen LogP) is 7.10. The fourth-order valence-electron chi connectivity index (χ4n) is 5.54. The molecule has 2 atom stereocenters. The maximum absolute atomic E-state index is 14.6. The fraction of sp³-hybridized carbons (Fsp3) is 0.176. The Morgan fingerprint density at radius 3 is 2.63 bits per heavy atom. The third kappa shape index (κ3) is 5.70. The summed E-state index contributed by atoms with van der Waals surface area (Å²) in [5.41, 5.74) is 7.77. The minimum atomic E-state index is -1.19. The van der Waals surface area contributed by atoms with Crippen LogP contribution < -0.4 is 20.5 Å². The Bertz CT molecular complexity index is 2040. The zero-order valence-electron chi connectivity index (χ0n) is 24.5. The van der Waals surface area contributed by atoms with E-state index in [-0.39, 0.29) is 18.2 Å². The lowest BCUT2D eigenvalue weighted by Gasteiger charge is -2.23. The van der Waals surface area contributed by atoms with Gasteiger partial charge in [0.25, 0.3) is 5.91 Å². The number of pyridine rings is 2. The standard InChI is InChI=1S/C34H26Cl3FN4O4/c1-34(33(39)44)16-46-31-24(34)13-26(42-30(31)22-7-4-8-25(36)28(22)37)23(17-5-3-6-21(38)11-17)15-41-32(43)19-9-18-10-20(35)14-40-29(18)27(12-19)45-2/h3-14,23H,15-16H2,1-2H3,(H2,39,44)(H,41,43)/t23-,34-/m0/s1. The number of hydrogen-bond donors (Lipinski definition) is 2. The zero-order valence-corrected chi connectivity index (χ0v) is 26.8. The van der Waals surface area contributed by atoms with Gasteiger partial charge in [0, 0.05) is 40.7 Å². The van der Waals surface area contributed by atoms with Crippen LogP contribution in [0.15, 0.2) is 72.9 Å². The minimum absolute atomic E-state index is 0.000910. The van der Waals surface area contributed by atoms with Gasteiger partial charge in [0.15, 0.2) is 0 Å². The number of amides is 2. The largest absolute Gasteiger partial charge is 0.494 e. The number of primary amides is 1. The third-order valence-corrected chi connectivity index (χ3v) is 9.14. The molecule has 2 aromatic heterocycles. The van der Waals surface area contributed by atoms with Gasteiger partial charge in [0.1, 0.15) is 40.5 Å². The van der Waals surface area contributed by atoms with Crippen molar-refractivity contribution in [3.8, 4) is 22.8 Å². The number of halogens is 4. The Balaban J connectivity index is 1.46. The predicted molar refractivity (Wildman–Crippen MR) is 176 cm³/mol. The second-order valence-electron chi connectivity index (χ2n) is 11.1. The van der Waals surface area contributed by atoms with Gasteiger partial charge in [-0.15, -0.1) is 0 Å². The molecule has 0 aliphatic carbocycles. The number of nitrogens with two attached hydrogens (primary N) is 1. The van der Waals surface area contributed by atoms with Gasteiger partial charge in [-0.05, 0) is 55.0 Å². The summed E-state index contributed by atoms with van der Waals surface area (Å²) < 4.78 is 26.1. The number of aromatic nitrogens is 2. The number of rotatable bonds is 8. The number of nitrogens with one attached hydrogen (secondary N) is 1. The lowest BCUT2D eigenvalue weighted by atomic mass is 9.81. The van der Waals surface area contributed by atoms with Crippen molar-refractivity contribution >= 4 is 57.5 Å². The highest BCUT2D eigenvalue weighted by Crippen LogP contribution is 2.47. The number of benzene rings is 3. The Morgan fingerprint density at radius 2 is 1.89 bits per heavy atom. The Morgan fingerprint density at radius 1 is 1.11 bits per heavy atom. The normalized spacial score (nSPS) is 16.0. The molecule has 0 saturated carbocycles. The van der Waals surface area contributed by atoms with Gasteiger partial charge in [0.05, 0.1) is 27.9 Å². The molecule has 3 heterocycles. The molecule has 0 bridgehead atoms. The molecule has 0 unspecified atom stereocenters. The van der Waals surface area contributed by atoms with E-state index in [2.05, 4.69) is 10.3 Å². The van der Waals surface area contributed by atoms with Crippen molar-refractivity contribution < 1.29 is 23.5 Å². The van der Waals surface area contributed by atoms with Gasteiger partial charge in [0.2, 0.25) is 5.91 Å². The zero-order chi connectivity index (χ0) is 32.7. The molecule has 8 nitrogen and oxygen atoms in total. The molecule has 234 valence electrons. The van der Waals surface area contributed by atoms with Crippen molar-refractivity contribution in [1.29, 1.82) is 0 Å². The molecule has 3 aromatic carbocycles. The molecule has 1 aliphatic rings. The van der Waals surface area contributed by atoms with Gasteiger partial charge in [-0.25, -0.2) is 9.37 Å². The van der Waals surface area contributed by atoms with Crippen LogP contribution in [0.4, 0.5) is 4.39 Å². The van der Waals surface area contributed by atoms with Crippen molar-refractivity contribution in [2.75, 3.05) is 20.3 Å². The fourth-order valence-corrected chi connectivity index (χ4v) is 6.10. The maximum atomic E-state index is 14.6. The Hall–Kier alpha value is -4.44. The molecule has 46 heavy (non-hydrogen) atoms. The van der Waals surface area contributed by atoms with Crippen LogP contribution in [-0.2, 0) is 10.2 Å². The summed E-state index contributed by atoms with van der Waals surface area (Å²) in [6, 6.07) is 17.7. The van der Waals surface area contributed by atoms with Crippen LogP contribution in [0.5, 0.6) is 11.5 Å². The third-order valence-electron chi connectivity index (χ3n) is 8.11.